The summed E-state index contributed by atoms with van der Waals surface area (Å²) < 4.78 is 0. The Morgan fingerprint density at radius 1 is 1.14 bits per heavy atom. The zero-order valence-electron chi connectivity index (χ0n) is 11.7. The number of amides is 1. The number of carboxylic acid groups (broad SMARTS) is 1. The van der Waals surface area contributed by atoms with Crippen LogP contribution in [-0.2, 0) is 0 Å². The molecule has 2 rings (SSSR count). The maximum atomic E-state index is 12.3. The minimum Gasteiger partial charge on any atom is -0.478 e. The van der Waals surface area contributed by atoms with E-state index in [1.54, 1.807) is 30.3 Å². The Balaban J connectivity index is 2.44. The van der Waals surface area contributed by atoms with E-state index in [1.807, 2.05) is 6.92 Å². The topological polar surface area (TPSA) is 86.6 Å². The van der Waals surface area contributed by atoms with Gasteiger partial charge in [0.15, 0.2) is 0 Å². The van der Waals surface area contributed by atoms with Crippen molar-refractivity contribution in [3.8, 4) is 0 Å². The molecule has 0 fully saturated rings. The lowest BCUT2D eigenvalue weighted by Gasteiger charge is -2.12. The van der Waals surface area contributed by atoms with Crippen LogP contribution < -0.4 is 5.32 Å². The van der Waals surface area contributed by atoms with Gasteiger partial charge >= 0.3 is 5.97 Å². The van der Waals surface area contributed by atoms with Gasteiger partial charge in [-0.25, -0.2) is 4.79 Å². The standard InChI is InChI=1S/C16H17NO4/c1-10(9-18)8-17-15(19)12-6-2-4-11-5-3-7-13(14(11)12)16(20)21/h2-7,10,18H,8-9H2,1H3,(H,17,19)(H,20,21). The molecule has 0 heterocycles. The number of carbonyl (C=O) groups is 2. The summed E-state index contributed by atoms with van der Waals surface area (Å²) in [5, 5.41) is 22.1. The van der Waals surface area contributed by atoms with Crippen molar-refractivity contribution in [1.82, 2.24) is 5.32 Å². The first-order valence-electron chi connectivity index (χ1n) is 6.68. The number of carboxylic acids is 1. The van der Waals surface area contributed by atoms with Crippen molar-refractivity contribution >= 4 is 22.6 Å². The van der Waals surface area contributed by atoms with Gasteiger partial charge in [0.2, 0.25) is 0 Å². The van der Waals surface area contributed by atoms with Gasteiger partial charge in [0.1, 0.15) is 0 Å². The maximum Gasteiger partial charge on any atom is 0.336 e. The Morgan fingerprint density at radius 2 is 1.76 bits per heavy atom. The number of rotatable bonds is 5. The number of aromatic carboxylic acids is 1. The Kier molecular flexibility index (Phi) is 4.55. The smallest absolute Gasteiger partial charge is 0.336 e. The average molecular weight is 287 g/mol. The Bertz CT molecular complexity index is 676. The highest BCUT2D eigenvalue weighted by molar-refractivity contribution is 6.14. The van der Waals surface area contributed by atoms with E-state index in [9.17, 15) is 14.7 Å². The van der Waals surface area contributed by atoms with Gasteiger partial charge in [-0.05, 0) is 23.4 Å². The normalized spacial score (nSPS) is 12.1. The maximum absolute atomic E-state index is 12.3. The Labute approximate surface area is 122 Å². The molecule has 3 N–H and O–H groups in total. The molecule has 0 aliphatic rings. The van der Waals surface area contributed by atoms with Gasteiger partial charge in [0.05, 0.1) is 5.56 Å². The van der Waals surface area contributed by atoms with Crippen molar-refractivity contribution in [3.63, 3.8) is 0 Å². The minimum atomic E-state index is -1.07. The molecule has 0 saturated heterocycles. The van der Waals surface area contributed by atoms with Gasteiger partial charge in [0.25, 0.3) is 5.91 Å². The molecule has 5 nitrogen and oxygen atoms in total. The summed E-state index contributed by atoms with van der Waals surface area (Å²) in [6, 6.07) is 10.0. The number of carbonyl (C=O) groups excluding carboxylic acids is 1. The molecule has 0 spiro atoms. The summed E-state index contributed by atoms with van der Waals surface area (Å²) in [6.45, 7) is 2.13. The predicted octanol–water partition coefficient (Wildman–Crippen LogP) is 1.90. The van der Waals surface area contributed by atoms with E-state index in [0.717, 1.165) is 0 Å². The first-order valence-corrected chi connectivity index (χ1v) is 6.68. The molecule has 2 aromatic rings. The van der Waals surface area contributed by atoms with Gasteiger partial charge in [-0.2, -0.15) is 0 Å². The number of aliphatic hydroxyl groups excluding tert-OH is 1. The SMILES string of the molecule is CC(CO)CNC(=O)c1cccc2cccc(C(=O)O)c12. The first kappa shape index (κ1) is 15.0. The lowest BCUT2D eigenvalue weighted by molar-refractivity contribution is 0.0699. The van der Waals surface area contributed by atoms with Gasteiger partial charge in [-0.15, -0.1) is 0 Å². The van der Waals surface area contributed by atoms with Crippen LogP contribution in [0.15, 0.2) is 36.4 Å². The molecular weight excluding hydrogens is 270 g/mol. The third-order valence-corrected chi connectivity index (χ3v) is 3.30. The molecule has 21 heavy (non-hydrogen) atoms. The Hall–Kier alpha value is -2.40. The van der Waals surface area contributed by atoms with Crippen LogP contribution in [0.2, 0.25) is 0 Å². The highest BCUT2D eigenvalue weighted by atomic mass is 16.4. The molecule has 0 aliphatic heterocycles. The van der Waals surface area contributed by atoms with Crippen LogP contribution in [0.1, 0.15) is 27.6 Å². The minimum absolute atomic E-state index is 0.0177. The molecule has 1 atom stereocenters. The lowest BCUT2D eigenvalue weighted by Crippen LogP contribution is -2.29. The Morgan fingerprint density at radius 3 is 2.33 bits per heavy atom. The summed E-state index contributed by atoms with van der Waals surface area (Å²) >= 11 is 0. The van der Waals surface area contributed by atoms with E-state index in [1.165, 1.54) is 6.07 Å². The monoisotopic (exact) mass is 287 g/mol. The summed E-state index contributed by atoms with van der Waals surface area (Å²) in [5.74, 6) is -1.46. The number of fused-ring (bicyclic) bond motifs is 1. The fourth-order valence-electron chi connectivity index (χ4n) is 2.14. The van der Waals surface area contributed by atoms with Crippen LogP contribution in [0.3, 0.4) is 0 Å². The summed E-state index contributed by atoms with van der Waals surface area (Å²) in [7, 11) is 0. The first-order chi connectivity index (χ1) is 10.0. The quantitative estimate of drug-likeness (QED) is 0.784. The number of hydrogen-bond donors (Lipinski definition) is 3. The van der Waals surface area contributed by atoms with E-state index < -0.39 is 5.97 Å². The second kappa shape index (κ2) is 6.37. The largest absolute Gasteiger partial charge is 0.478 e. The third-order valence-electron chi connectivity index (χ3n) is 3.30. The van der Waals surface area contributed by atoms with Gasteiger partial charge in [-0.3, -0.25) is 4.79 Å². The van der Waals surface area contributed by atoms with Gasteiger partial charge in [0, 0.05) is 24.1 Å². The van der Waals surface area contributed by atoms with Crippen LogP contribution in [0, 0.1) is 5.92 Å². The van der Waals surface area contributed by atoms with Crippen LogP contribution in [0.5, 0.6) is 0 Å². The van der Waals surface area contributed by atoms with Crippen LogP contribution in [-0.4, -0.2) is 35.2 Å². The molecule has 1 unspecified atom stereocenters. The molecule has 0 aromatic heterocycles. The van der Waals surface area contributed by atoms with E-state index >= 15 is 0 Å². The van der Waals surface area contributed by atoms with E-state index in [2.05, 4.69) is 5.32 Å². The molecule has 1 amide bonds. The number of benzene rings is 2. The fourth-order valence-corrected chi connectivity index (χ4v) is 2.14. The molecule has 0 radical (unpaired) electrons. The van der Waals surface area contributed by atoms with E-state index in [0.29, 0.717) is 22.9 Å². The molecular formula is C16H17NO4. The van der Waals surface area contributed by atoms with Crippen LogP contribution in [0.25, 0.3) is 10.8 Å². The highest BCUT2D eigenvalue weighted by Crippen LogP contribution is 2.23. The summed E-state index contributed by atoms with van der Waals surface area (Å²) in [6.07, 6.45) is 0. The van der Waals surface area contributed by atoms with Crippen molar-refractivity contribution in [2.24, 2.45) is 5.92 Å². The fraction of sp³-hybridized carbons (Fsp3) is 0.250. The van der Waals surface area contributed by atoms with Crippen molar-refractivity contribution in [2.45, 2.75) is 6.92 Å². The zero-order chi connectivity index (χ0) is 15.4. The van der Waals surface area contributed by atoms with Crippen molar-refractivity contribution in [3.05, 3.63) is 47.5 Å². The molecule has 0 bridgehead atoms. The second-order valence-corrected chi connectivity index (χ2v) is 5.01. The van der Waals surface area contributed by atoms with E-state index in [-0.39, 0.29) is 24.0 Å². The molecule has 5 heteroatoms. The van der Waals surface area contributed by atoms with Crippen molar-refractivity contribution in [1.29, 1.82) is 0 Å². The summed E-state index contributed by atoms with van der Waals surface area (Å²) in [4.78, 5) is 23.6. The highest BCUT2D eigenvalue weighted by Gasteiger charge is 2.16. The second-order valence-electron chi connectivity index (χ2n) is 5.01. The van der Waals surface area contributed by atoms with Crippen molar-refractivity contribution < 1.29 is 19.8 Å². The number of aliphatic hydroxyl groups is 1. The average Bonchev–Trinajstić information content (AvgIpc) is 2.50. The molecule has 2 aromatic carbocycles. The van der Waals surface area contributed by atoms with Crippen LogP contribution >= 0.6 is 0 Å². The third kappa shape index (κ3) is 3.20. The summed E-state index contributed by atoms with van der Waals surface area (Å²) in [5.41, 5.74) is 0.434. The van der Waals surface area contributed by atoms with Gasteiger partial charge in [-0.1, -0.05) is 31.2 Å². The zero-order valence-corrected chi connectivity index (χ0v) is 11.7. The van der Waals surface area contributed by atoms with E-state index in [4.69, 9.17) is 5.11 Å². The predicted molar refractivity (Wildman–Crippen MR) is 79.5 cm³/mol. The molecule has 0 aliphatic carbocycles. The number of nitrogens with one attached hydrogen (secondary N) is 1. The lowest BCUT2D eigenvalue weighted by atomic mass is 9.98. The van der Waals surface area contributed by atoms with Gasteiger partial charge < -0.3 is 15.5 Å². The van der Waals surface area contributed by atoms with Crippen LogP contribution in [0.4, 0.5) is 0 Å². The molecule has 0 saturated carbocycles. The molecule has 110 valence electrons. The number of hydrogen-bond acceptors (Lipinski definition) is 3. The van der Waals surface area contributed by atoms with Crippen molar-refractivity contribution in [2.75, 3.05) is 13.2 Å².